The highest BCUT2D eigenvalue weighted by molar-refractivity contribution is 5.41. The van der Waals surface area contributed by atoms with Crippen molar-refractivity contribution in [1.29, 1.82) is 0 Å². The van der Waals surface area contributed by atoms with Gasteiger partial charge in [-0.2, -0.15) is 0 Å². The molecule has 120 valence electrons. The van der Waals surface area contributed by atoms with Gasteiger partial charge < -0.3 is 10.2 Å². The Balaban J connectivity index is 1.78. The van der Waals surface area contributed by atoms with E-state index in [9.17, 15) is 14.6 Å². The van der Waals surface area contributed by atoms with Crippen LogP contribution in [-0.2, 0) is 6.42 Å². The molecular weight excluding hydrogens is 279 g/mol. The molecule has 0 saturated heterocycles. The lowest BCUT2D eigenvalue weighted by atomic mass is 9.48. The standard InChI is InChI=1S/C19H25FO2/c1-18-7-5-11-9-12(21)3-4-13(11)14(18)6-8-19(2)16(18)10-15(20)17(19)22/h3-4,9,14-17,21-22H,5-8,10H2,1-2H3/t14?,15-,16?,17+,18-,19+/m1/s1. The van der Waals surface area contributed by atoms with Crippen LogP contribution in [0.2, 0.25) is 0 Å². The summed E-state index contributed by atoms with van der Waals surface area (Å²) in [6.07, 6.45) is 2.47. The van der Waals surface area contributed by atoms with Crippen LogP contribution in [0.25, 0.3) is 0 Å². The largest absolute Gasteiger partial charge is 0.508 e. The summed E-state index contributed by atoms with van der Waals surface area (Å²) >= 11 is 0. The Morgan fingerprint density at radius 1 is 1.18 bits per heavy atom. The van der Waals surface area contributed by atoms with Gasteiger partial charge in [0.05, 0.1) is 6.10 Å². The predicted molar refractivity (Wildman–Crippen MR) is 83.6 cm³/mol. The summed E-state index contributed by atoms with van der Waals surface area (Å²) in [5.74, 6) is 1.00. The van der Waals surface area contributed by atoms with E-state index in [1.807, 2.05) is 6.07 Å². The zero-order valence-corrected chi connectivity index (χ0v) is 13.3. The van der Waals surface area contributed by atoms with Crippen molar-refractivity contribution in [3.05, 3.63) is 29.3 Å². The van der Waals surface area contributed by atoms with Crippen molar-refractivity contribution in [3.63, 3.8) is 0 Å². The smallest absolute Gasteiger partial charge is 0.127 e. The van der Waals surface area contributed by atoms with Gasteiger partial charge in [-0.15, -0.1) is 0 Å². The van der Waals surface area contributed by atoms with E-state index in [2.05, 4.69) is 19.9 Å². The molecule has 3 heteroatoms. The first kappa shape index (κ1) is 14.5. The van der Waals surface area contributed by atoms with Crippen LogP contribution >= 0.6 is 0 Å². The molecule has 0 heterocycles. The Morgan fingerprint density at radius 2 is 1.95 bits per heavy atom. The minimum absolute atomic E-state index is 0.0544. The van der Waals surface area contributed by atoms with Gasteiger partial charge >= 0.3 is 0 Å². The number of fused-ring (bicyclic) bond motifs is 5. The number of phenols is 1. The third-order valence-electron chi connectivity index (χ3n) is 7.27. The van der Waals surface area contributed by atoms with Gasteiger partial charge in [0.2, 0.25) is 0 Å². The molecule has 3 aliphatic carbocycles. The van der Waals surface area contributed by atoms with Gasteiger partial charge in [-0.25, -0.2) is 4.39 Å². The highest BCUT2D eigenvalue weighted by Crippen LogP contribution is 2.67. The van der Waals surface area contributed by atoms with Crippen LogP contribution in [-0.4, -0.2) is 22.5 Å². The number of hydrogen-bond acceptors (Lipinski definition) is 2. The summed E-state index contributed by atoms with van der Waals surface area (Å²) in [4.78, 5) is 0. The Kier molecular flexibility index (Phi) is 2.95. The minimum atomic E-state index is -1.08. The van der Waals surface area contributed by atoms with Crippen LogP contribution < -0.4 is 0 Å². The molecule has 2 saturated carbocycles. The Morgan fingerprint density at radius 3 is 2.73 bits per heavy atom. The van der Waals surface area contributed by atoms with Crippen LogP contribution in [0.4, 0.5) is 4.39 Å². The van der Waals surface area contributed by atoms with Crippen molar-refractivity contribution in [2.24, 2.45) is 16.7 Å². The second kappa shape index (κ2) is 4.47. The highest BCUT2D eigenvalue weighted by atomic mass is 19.1. The van der Waals surface area contributed by atoms with E-state index < -0.39 is 12.3 Å². The third kappa shape index (κ3) is 1.69. The van der Waals surface area contributed by atoms with E-state index in [0.717, 1.165) is 25.7 Å². The van der Waals surface area contributed by atoms with Crippen molar-refractivity contribution in [2.75, 3.05) is 0 Å². The molecule has 2 fully saturated rings. The number of aromatic hydroxyl groups is 1. The zero-order chi connectivity index (χ0) is 15.7. The van der Waals surface area contributed by atoms with Crippen LogP contribution in [0.5, 0.6) is 5.75 Å². The average Bonchev–Trinajstić information content (AvgIpc) is 2.72. The average molecular weight is 304 g/mol. The number of benzene rings is 1. The summed E-state index contributed by atoms with van der Waals surface area (Å²) in [6, 6.07) is 5.73. The van der Waals surface area contributed by atoms with Crippen molar-refractivity contribution in [2.45, 2.75) is 64.1 Å². The number of alkyl halides is 1. The van der Waals surface area contributed by atoms with E-state index in [1.165, 1.54) is 11.1 Å². The van der Waals surface area contributed by atoms with E-state index >= 15 is 0 Å². The molecule has 22 heavy (non-hydrogen) atoms. The zero-order valence-electron chi connectivity index (χ0n) is 13.3. The van der Waals surface area contributed by atoms with Crippen LogP contribution in [0.1, 0.15) is 56.6 Å². The number of aliphatic hydroxyl groups excluding tert-OH is 1. The summed E-state index contributed by atoms with van der Waals surface area (Å²) in [6.45, 7) is 4.40. The van der Waals surface area contributed by atoms with Gasteiger partial charge in [0.25, 0.3) is 0 Å². The van der Waals surface area contributed by atoms with Crippen molar-refractivity contribution in [3.8, 4) is 5.75 Å². The number of hydrogen-bond donors (Lipinski definition) is 2. The third-order valence-corrected chi connectivity index (χ3v) is 7.27. The summed E-state index contributed by atoms with van der Waals surface area (Å²) < 4.78 is 14.3. The fourth-order valence-corrected chi connectivity index (χ4v) is 6.03. The maximum atomic E-state index is 14.3. The lowest BCUT2D eigenvalue weighted by molar-refractivity contribution is -0.0725. The minimum Gasteiger partial charge on any atom is -0.508 e. The van der Waals surface area contributed by atoms with E-state index in [1.54, 1.807) is 6.07 Å². The molecular formula is C19H25FO2. The fourth-order valence-electron chi connectivity index (χ4n) is 6.03. The Hall–Kier alpha value is -1.09. The SMILES string of the molecule is C[C@@]12CCc3cc(O)ccc3C1CC[C@@]1(C)C2C[C@@H](F)[C@@H]1O. The first-order valence-electron chi connectivity index (χ1n) is 8.50. The molecule has 0 aliphatic heterocycles. The monoisotopic (exact) mass is 304 g/mol. The molecule has 1 aromatic carbocycles. The molecule has 3 aliphatic rings. The molecule has 2 nitrogen and oxygen atoms in total. The quantitative estimate of drug-likeness (QED) is 0.762. The number of phenolic OH excluding ortho intramolecular Hbond substituents is 1. The van der Waals surface area contributed by atoms with E-state index in [0.29, 0.717) is 18.1 Å². The molecule has 0 aromatic heterocycles. The first-order chi connectivity index (χ1) is 10.4. The lowest BCUT2D eigenvalue weighted by Crippen LogP contribution is -2.50. The molecule has 4 rings (SSSR count). The van der Waals surface area contributed by atoms with Crippen LogP contribution in [0.3, 0.4) is 0 Å². The second-order valence-electron chi connectivity index (χ2n) is 8.24. The molecule has 1 aromatic rings. The van der Waals surface area contributed by atoms with Gasteiger partial charge in [-0.1, -0.05) is 19.9 Å². The van der Waals surface area contributed by atoms with Gasteiger partial charge in [-0.05, 0) is 78.0 Å². The van der Waals surface area contributed by atoms with Gasteiger partial charge in [0.15, 0.2) is 0 Å². The topological polar surface area (TPSA) is 40.5 Å². The van der Waals surface area contributed by atoms with E-state index in [4.69, 9.17) is 0 Å². The molecule has 0 spiro atoms. The highest BCUT2D eigenvalue weighted by Gasteiger charge is 2.62. The van der Waals surface area contributed by atoms with Gasteiger partial charge in [0.1, 0.15) is 11.9 Å². The number of aliphatic hydroxyl groups is 1. The molecule has 6 atom stereocenters. The van der Waals surface area contributed by atoms with Gasteiger partial charge in [-0.3, -0.25) is 0 Å². The molecule has 0 amide bonds. The predicted octanol–water partition coefficient (Wildman–Crippen LogP) is 3.95. The maximum absolute atomic E-state index is 14.3. The molecule has 0 radical (unpaired) electrons. The first-order valence-corrected chi connectivity index (χ1v) is 8.50. The Labute approximate surface area is 131 Å². The van der Waals surface area contributed by atoms with Crippen LogP contribution in [0, 0.1) is 16.7 Å². The second-order valence-corrected chi connectivity index (χ2v) is 8.24. The summed E-state index contributed by atoms with van der Waals surface area (Å²) in [7, 11) is 0. The maximum Gasteiger partial charge on any atom is 0.127 e. The number of aryl methyl sites for hydroxylation is 1. The van der Waals surface area contributed by atoms with Crippen molar-refractivity contribution >= 4 is 0 Å². The number of rotatable bonds is 0. The normalized spacial score (nSPS) is 46.7. The van der Waals surface area contributed by atoms with Gasteiger partial charge in [0, 0.05) is 0 Å². The molecule has 2 N–H and O–H groups in total. The summed E-state index contributed by atoms with van der Waals surface area (Å²) in [5.41, 5.74) is 2.37. The summed E-state index contributed by atoms with van der Waals surface area (Å²) in [5, 5.41) is 20.1. The lowest BCUT2D eigenvalue weighted by Gasteiger charge is -2.56. The van der Waals surface area contributed by atoms with E-state index in [-0.39, 0.29) is 16.7 Å². The molecule has 0 bridgehead atoms. The van der Waals surface area contributed by atoms with Crippen molar-refractivity contribution in [1.82, 2.24) is 0 Å². The van der Waals surface area contributed by atoms with Crippen LogP contribution in [0.15, 0.2) is 18.2 Å². The fraction of sp³-hybridized carbons (Fsp3) is 0.684. The molecule has 2 unspecified atom stereocenters. The number of halogens is 1. The van der Waals surface area contributed by atoms with Crippen molar-refractivity contribution < 1.29 is 14.6 Å². The Bertz CT molecular complexity index is 615.